The molecule has 1 aliphatic rings. The molecule has 1 heterocycles. The lowest BCUT2D eigenvalue weighted by Gasteiger charge is -2.16. The van der Waals surface area contributed by atoms with Gasteiger partial charge in [-0.15, -0.1) is 0 Å². The van der Waals surface area contributed by atoms with E-state index in [-0.39, 0.29) is 6.10 Å². The van der Waals surface area contributed by atoms with Gasteiger partial charge in [-0.25, -0.2) is 0 Å². The number of aliphatic hydroxyl groups is 1. The predicted molar refractivity (Wildman–Crippen MR) is 51.2 cm³/mol. The number of hydrogen-bond donors (Lipinski definition) is 1. The minimum atomic E-state index is -0.0596. The van der Waals surface area contributed by atoms with Crippen LogP contribution in [0.25, 0.3) is 0 Å². The summed E-state index contributed by atoms with van der Waals surface area (Å²) in [5, 5.41) is 9.48. The van der Waals surface area contributed by atoms with Crippen LogP contribution in [0.4, 0.5) is 0 Å². The fraction of sp³-hybridized carbons (Fsp3) is 1.00. The predicted octanol–water partition coefficient (Wildman–Crippen LogP) is 1.63. The van der Waals surface area contributed by atoms with E-state index in [1.54, 1.807) is 0 Å². The second-order valence-corrected chi connectivity index (χ2v) is 3.78. The highest BCUT2D eigenvalue weighted by Crippen LogP contribution is 2.09. The van der Waals surface area contributed by atoms with Crippen LogP contribution in [0.1, 0.15) is 39.0 Å². The largest absolute Gasteiger partial charge is 0.393 e. The van der Waals surface area contributed by atoms with Crippen molar-refractivity contribution in [3.05, 3.63) is 0 Å². The maximum Gasteiger partial charge on any atom is 0.0552 e. The van der Waals surface area contributed by atoms with Crippen molar-refractivity contribution in [1.82, 2.24) is 4.90 Å². The Balaban J connectivity index is 1.99. The molecule has 0 aromatic rings. The molecule has 0 radical (unpaired) electrons. The molecule has 72 valence electrons. The molecule has 0 amide bonds. The lowest BCUT2D eigenvalue weighted by Crippen LogP contribution is -2.24. The molecule has 0 aliphatic carbocycles. The van der Waals surface area contributed by atoms with Crippen LogP contribution >= 0.6 is 0 Å². The van der Waals surface area contributed by atoms with Gasteiger partial charge in [0, 0.05) is 6.54 Å². The van der Waals surface area contributed by atoms with E-state index < -0.39 is 0 Å². The van der Waals surface area contributed by atoms with Crippen molar-refractivity contribution in [3.63, 3.8) is 0 Å². The zero-order chi connectivity index (χ0) is 8.81. The Kier molecular flexibility index (Phi) is 4.62. The maximum atomic E-state index is 9.48. The van der Waals surface area contributed by atoms with Gasteiger partial charge in [-0.3, -0.25) is 0 Å². The summed E-state index contributed by atoms with van der Waals surface area (Å²) in [6.07, 6.45) is 5.67. The first kappa shape index (κ1) is 10.0. The van der Waals surface area contributed by atoms with E-state index >= 15 is 0 Å². The summed E-state index contributed by atoms with van der Waals surface area (Å²) in [7, 11) is 0. The lowest BCUT2D eigenvalue weighted by atomic mass is 10.1. The quantitative estimate of drug-likeness (QED) is 0.679. The molecule has 2 heteroatoms. The Labute approximate surface area is 75.6 Å². The zero-order valence-electron chi connectivity index (χ0n) is 8.13. The summed E-state index contributed by atoms with van der Waals surface area (Å²) >= 11 is 0. The number of nitrogens with zero attached hydrogens (tertiary/aromatic N) is 1. The van der Waals surface area contributed by atoms with Gasteiger partial charge in [0.05, 0.1) is 6.10 Å². The van der Waals surface area contributed by atoms with E-state index in [1.807, 2.05) is 0 Å². The molecule has 0 saturated carbocycles. The van der Waals surface area contributed by atoms with Gasteiger partial charge >= 0.3 is 0 Å². The van der Waals surface area contributed by atoms with Gasteiger partial charge in [-0.05, 0) is 38.8 Å². The van der Waals surface area contributed by atoms with Gasteiger partial charge in [0.25, 0.3) is 0 Å². The minimum Gasteiger partial charge on any atom is -0.393 e. The fourth-order valence-corrected chi connectivity index (χ4v) is 1.82. The Morgan fingerprint density at radius 1 is 1.25 bits per heavy atom. The summed E-state index contributed by atoms with van der Waals surface area (Å²) in [6.45, 7) is 5.72. The van der Waals surface area contributed by atoms with E-state index in [0.717, 1.165) is 25.8 Å². The van der Waals surface area contributed by atoms with Crippen molar-refractivity contribution in [2.24, 2.45) is 0 Å². The molecule has 1 aliphatic heterocycles. The molecule has 1 saturated heterocycles. The normalized spacial score (nSPS) is 21.5. The van der Waals surface area contributed by atoms with Crippen molar-refractivity contribution in [2.45, 2.75) is 45.1 Å². The average molecular weight is 171 g/mol. The highest BCUT2D eigenvalue weighted by atomic mass is 16.3. The first-order chi connectivity index (χ1) is 5.83. The summed E-state index contributed by atoms with van der Waals surface area (Å²) in [4.78, 5) is 2.46. The van der Waals surface area contributed by atoms with Gasteiger partial charge in [-0.2, -0.15) is 0 Å². The molecule has 12 heavy (non-hydrogen) atoms. The van der Waals surface area contributed by atoms with E-state index in [9.17, 15) is 5.11 Å². The average Bonchev–Trinajstić information content (AvgIpc) is 2.53. The van der Waals surface area contributed by atoms with Crippen LogP contribution in [0.3, 0.4) is 0 Å². The van der Waals surface area contributed by atoms with Crippen molar-refractivity contribution in [3.8, 4) is 0 Å². The molecule has 1 unspecified atom stereocenters. The van der Waals surface area contributed by atoms with Crippen LogP contribution in [0.15, 0.2) is 0 Å². The summed E-state index contributed by atoms with van der Waals surface area (Å²) < 4.78 is 0. The monoisotopic (exact) mass is 171 g/mol. The third-order valence-corrected chi connectivity index (χ3v) is 2.60. The Morgan fingerprint density at radius 2 is 1.92 bits per heavy atom. The molecule has 1 rings (SSSR count). The Hall–Kier alpha value is -0.0800. The highest BCUT2D eigenvalue weighted by molar-refractivity contribution is 4.67. The molecule has 2 nitrogen and oxygen atoms in total. The molecule has 0 aromatic carbocycles. The van der Waals surface area contributed by atoms with Gasteiger partial charge < -0.3 is 10.0 Å². The second kappa shape index (κ2) is 5.55. The molecule has 0 bridgehead atoms. The van der Waals surface area contributed by atoms with Crippen LogP contribution in [-0.4, -0.2) is 35.7 Å². The van der Waals surface area contributed by atoms with Crippen molar-refractivity contribution in [2.75, 3.05) is 19.6 Å². The molecule has 0 spiro atoms. The van der Waals surface area contributed by atoms with E-state index in [1.165, 1.54) is 25.9 Å². The number of aliphatic hydroxyl groups excluding tert-OH is 1. The maximum absolute atomic E-state index is 9.48. The zero-order valence-corrected chi connectivity index (χ0v) is 8.13. The van der Waals surface area contributed by atoms with Crippen molar-refractivity contribution < 1.29 is 5.11 Å². The summed E-state index contributed by atoms with van der Waals surface area (Å²) in [5.74, 6) is 0. The molecule has 0 aromatic heterocycles. The third kappa shape index (κ3) is 3.55. The smallest absolute Gasteiger partial charge is 0.0552 e. The Bertz CT molecular complexity index is 110. The van der Waals surface area contributed by atoms with E-state index in [0.29, 0.717) is 0 Å². The SMILES string of the molecule is CCCC(O)CCN1CCCC1. The minimum absolute atomic E-state index is 0.0596. The molecular weight excluding hydrogens is 150 g/mol. The van der Waals surface area contributed by atoms with Gasteiger partial charge in [-0.1, -0.05) is 13.3 Å². The van der Waals surface area contributed by atoms with Crippen LogP contribution in [-0.2, 0) is 0 Å². The lowest BCUT2D eigenvalue weighted by molar-refractivity contribution is 0.137. The van der Waals surface area contributed by atoms with Crippen LogP contribution in [0.2, 0.25) is 0 Å². The Morgan fingerprint density at radius 3 is 2.50 bits per heavy atom. The van der Waals surface area contributed by atoms with Gasteiger partial charge in [0.1, 0.15) is 0 Å². The highest BCUT2D eigenvalue weighted by Gasteiger charge is 2.12. The van der Waals surface area contributed by atoms with Crippen LogP contribution < -0.4 is 0 Å². The molecule has 1 atom stereocenters. The van der Waals surface area contributed by atoms with Gasteiger partial charge in [0.15, 0.2) is 0 Å². The van der Waals surface area contributed by atoms with Crippen molar-refractivity contribution >= 4 is 0 Å². The number of hydrogen-bond acceptors (Lipinski definition) is 2. The van der Waals surface area contributed by atoms with Crippen molar-refractivity contribution in [1.29, 1.82) is 0 Å². The topological polar surface area (TPSA) is 23.5 Å². The van der Waals surface area contributed by atoms with Crippen LogP contribution in [0.5, 0.6) is 0 Å². The second-order valence-electron chi connectivity index (χ2n) is 3.78. The standard InChI is InChI=1S/C10H21NO/c1-2-5-10(12)6-9-11-7-3-4-8-11/h10,12H,2-9H2,1H3. The van der Waals surface area contributed by atoms with Crippen LogP contribution in [0, 0.1) is 0 Å². The first-order valence-electron chi connectivity index (χ1n) is 5.23. The fourth-order valence-electron chi connectivity index (χ4n) is 1.82. The van der Waals surface area contributed by atoms with E-state index in [2.05, 4.69) is 11.8 Å². The number of rotatable bonds is 5. The number of likely N-dealkylation sites (tertiary alicyclic amines) is 1. The third-order valence-electron chi connectivity index (χ3n) is 2.60. The molecule has 1 N–H and O–H groups in total. The summed E-state index contributed by atoms with van der Waals surface area (Å²) in [6, 6.07) is 0. The molecular formula is C10H21NO. The molecule has 1 fully saturated rings. The summed E-state index contributed by atoms with van der Waals surface area (Å²) in [5.41, 5.74) is 0. The first-order valence-corrected chi connectivity index (χ1v) is 5.23. The van der Waals surface area contributed by atoms with E-state index in [4.69, 9.17) is 0 Å². The van der Waals surface area contributed by atoms with Gasteiger partial charge in [0.2, 0.25) is 0 Å².